The van der Waals surface area contributed by atoms with Crippen molar-refractivity contribution in [3.63, 3.8) is 0 Å². The molecule has 130 valence electrons. The minimum atomic E-state index is 0.493. The number of hydrogen-bond donors (Lipinski definition) is 1. The molecule has 3 aromatic rings. The quantitative estimate of drug-likeness (QED) is 0.556. The van der Waals surface area contributed by atoms with Gasteiger partial charge >= 0.3 is 0 Å². The Morgan fingerprint density at radius 1 is 1.20 bits per heavy atom. The summed E-state index contributed by atoms with van der Waals surface area (Å²) < 4.78 is 12.4. The molecule has 0 atom stereocenters. The van der Waals surface area contributed by atoms with E-state index in [1.165, 1.54) is 5.56 Å². The van der Waals surface area contributed by atoms with E-state index >= 15 is 0 Å². The number of nitrogens with zero attached hydrogens (tertiary/aromatic N) is 1. The van der Waals surface area contributed by atoms with Crippen LogP contribution in [-0.4, -0.2) is 12.1 Å². The third kappa shape index (κ3) is 4.74. The number of nitrogens with one attached hydrogen (secondary N) is 1. The van der Waals surface area contributed by atoms with Gasteiger partial charge in [-0.1, -0.05) is 29.8 Å². The Balaban J connectivity index is 1.72. The van der Waals surface area contributed by atoms with Crippen molar-refractivity contribution in [1.29, 1.82) is 0 Å². The smallest absolute Gasteiger partial charge is 0.182 e. The van der Waals surface area contributed by atoms with E-state index in [-0.39, 0.29) is 0 Å². The molecule has 0 saturated carbocycles. The van der Waals surface area contributed by atoms with Gasteiger partial charge in [0.05, 0.1) is 11.6 Å². The Morgan fingerprint density at radius 2 is 2.08 bits per heavy atom. The summed E-state index contributed by atoms with van der Waals surface area (Å²) >= 11 is 5.18. The van der Waals surface area contributed by atoms with Crippen molar-refractivity contribution in [2.45, 2.75) is 20.1 Å². The first-order valence-electron chi connectivity index (χ1n) is 7.84. The van der Waals surface area contributed by atoms with E-state index < -0.39 is 0 Å². The minimum Gasteiger partial charge on any atom is -0.493 e. The van der Waals surface area contributed by atoms with Crippen LogP contribution in [0.25, 0.3) is 0 Å². The van der Waals surface area contributed by atoms with Crippen LogP contribution in [-0.2, 0) is 13.2 Å². The van der Waals surface area contributed by atoms with Crippen molar-refractivity contribution in [3.05, 3.63) is 69.1 Å². The first-order chi connectivity index (χ1) is 12.2. The number of aromatic nitrogens is 1. The van der Waals surface area contributed by atoms with Crippen LogP contribution in [0.15, 0.2) is 52.4 Å². The summed E-state index contributed by atoms with van der Waals surface area (Å²) in [4.78, 5) is 4.22. The summed E-state index contributed by atoms with van der Waals surface area (Å²) in [7, 11) is 1.65. The lowest BCUT2D eigenvalue weighted by Gasteiger charge is -2.15. The molecule has 0 radical (unpaired) electrons. The molecular weight excluding hydrogens is 400 g/mol. The minimum absolute atomic E-state index is 0.493. The molecule has 1 N–H and O–H groups in total. The van der Waals surface area contributed by atoms with Gasteiger partial charge in [0, 0.05) is 18.1 Å². The SMILES string of the molecule is COc1cc(CNc2nccs2)cc(Br)c1OCc1cccc(C)c1. The van der Waals surface area contributed by atoms with Crippen molar-refractivity contribution < 1.29 is 9.47 Å². The lowest BCUT2D eigenvalue weighted by molar-refractivity contribution is 0.282. The van der Waals surface area contributed by atoms with Gasteiger partial charge in [-0.2, -0.15) is 0 Å². The van der Waals surface area contributed by atoms with E-state index in [0.29, 0.717) is 24.7 Å². The molecule has 25 heavy (non-hydrogen) atoms. The molecule has 0 aliphatic heterocycles. The normalized spacial score (nSPS) is 10.5. The van der Waals surface area contributed by atoms with E-state index in [0.717, 1.165) is 20.7 Å². The van der Waals surface area contributed by atoms with Gasteiger partial charge < -0.3 is 14.8 Å². The maximum Gasteiger partial charge on any atom is 0.182 e. The predicted molar refractivity (Wildman–Crippen MR) is 106 cm³/mol. The van der Waals surface area contributed by atoms with Crippen LogP contribution >= 0.6 is 27.3 Å². The van der Waals surface area contributed by atoms with Crippen LogP contribution in [0.5, 0.6) is 11.5 Å². The molecule has 3 rings (SSSR count). The van der Waals surface area contributed by atoms with E-state index in [4.69, 9.17) is 9.47 Å². The standard InChI is InChI=1S/C19H19BrN2O2S/c1-13-4-3-5-14(8-13)12-24-18-16(20)9-15(10-17(18)23-2)11-22-19-21-6-7-25-19/h3-10H,11-12H2,1-2H3,(H,21,22). The summed E-state index contributed by atoms with van der Waals surface area (Å²) in [5, 5.41) is 6.14. The van der Waals surface area contributed by atoms with Gasteiger partial charge in [-0.3, -0.25) is 0 Å². The van der Waals surface area contributed by atoms with Gasteiger partial charge in [-0.05, 0) is 46.1 Å². The Kier molecular flexibility index (Phi) is 5.94. The number of methoxy groups -OCH3 is 1. The molecule has 0 saturated heterocycles. The monoisotopic (exact) mass is 418 g/mol. The first-order valence-corrected chi connectivity index (χ1v) is 9.51. The molecule has 0 unspecified atom stereocenters. The molecule has 4 nitrogen and oxygen atoms in total. The average Bonchev–Trinajstić information content (AvgIpc) is 3.12. The molecule has 0 bridgehead atoms. The fraction of sp³-hybridized carbons (Fsp3) is 0.211. The van der Waals surface area contributed by atoms with E-state index in [1.807, 2.05) is 23.6 Å². The first kappa shape index (κ1) is 17.8. The number of anilines is 1. The third-order valence-electron chi connectivity index (χ3n) is 3.63. The maximum absolute atomic E-state index is 6.00. The molecule has 0 amide bonds. The van der Waals surface area contributed by atoms with Gasteiger partial charge in [-0.25, -0.2) is 4.98 Å². The molecule has 0 aliphatic rings. The van der Waals surface area contributed by atoms with Gasteiger partial charge in [-0.15, -0.1) is 11.3 Å². The fourth-order valence-corrected chi connectivity index (χ4v) is 3.59. The lowest BCUT2D eigenvalue weighted by atomic mass is 10.1. The highest BCUT2D eigenvalue weighted by atomic mass is 79.9. The van der Waals surface area contributed by atoms with Crippen LogP contribution in [0.2, 0.25) is 0 Å². The summed E-state index contributed by atoms with van der Waals surface area (Å²) in [6.07, 6.45) is 1.78. The second kappa shape index (κ2) is 8.36. The van der Waals surface area contributed by atoms with Crippen LogP contribution in [0, 0.1) is 6.92 Å². The second-order valence-corrected chi connectivity index (χ2v) is 7.33. The van der Waals surface area contributed by atoms with Crippen molar-refractivity contribution in [2.24, 2.45) is 0 Å². The van der Waals surface area contributed by atoms with Crippen molar-refractivity contribution in [3.8, 4) is 11.5 Å². The van der Waals surface area contributed by atoms with E-state index in [9.17, 15) is 0 Å². The van der Waals surface area contributed by atoms with Gasteiger partial charge in [0.2, 0.25) is 0 Å². The van der Waals surface area contributed by atoms with Crippen LogP contribution in [0.1, 0.15) is 16.7 Å². The lowest BCUT2D eigenvalue weighted by Crippen LogP contribution is -2.02. The average molecular weight is 419 g/mol. The number of thiazole rings is 1. The fourth-order valence-electron chi connectivity index (χ4n) is 2.46. The topological polar surface area (TPSA) is 43.4 Å². The second-order valence-electron chi connectivity index (χ2n) is 5.58. The van der Waals surface area contributed by atoms with Crippen LogP contribution in [0.3, 0.4) is 0 Å². The zero-order valence-corrected chi connectivity index (χ0v) is 16.5. The molecule has 1 aromatic heterocycles. The highest BCUT2D eigenvalue weighted by molar-refractivity contribution is 9.10. The number of aryl methyl sites for hydroxylation is 1. The number of halogens is 1. The molecular formula is C19H19BrN2O2S. The van der Waals surface area contributed by atoms with Crippen molar-refractivity contribution in [2.75, 3.05) is 12.4 Å². The highest BCUT2D eigenvalue weighted by Crippen LogP contribution is 2.37. The van der Waals surface area contributed by atoms with E-state index in [1.54, 1.807) is 24.6 Å². The largest absolute Gasteiger partial charge is 0.493 e. The van der Waals surface area contributed by atoms with Crippen LogP contribution in [0.4, 0.5) is 5.13 Å². The number of ether oxygens (including phenoxy) is 2. The van der Waals surface area contributed by atoms with Crippen molar-refractivity contribution >= 4 is 32.4 Å². The van der Waals surface area contributed by atoms with Crippen molar-refractivity contribution in [1.82, 2.24) is 4.98 Å². The molecule has 2 aromatic carbocycles. The van der Waals surface area contributed by atoms with Gasteiger partial charge in [0.25, 0.3) is 0 Å². The molecule has 0 fully saturated rings. The number of benzene rings is 2. The maximum atomic E-state index is 6.00. The number of rotatable bonds is 7. The summed E-state index contributed by atoms with van der Waals surface area (Å²) in [6.45, 7) is 3.23. The molecule has 0 aliphatic carbocycles. The zero-order chi connectivity index (χ0) is 17.6. The summed E-state index contributed by atoms with van der Waals surface area (Å²) in [5.74, 6) is 1.42. The highest BCUT2D eigenvalue weighted by Gasteiger charge is 2.12. The number of hydrogen-bond acceptors (Lipinski definition) is 5. The van der Waals surface area contributed by atoms with Gasteiger partial charge in [0.1, 0.15) is 6.61 Å². The molecule has 6 heteroatoms. The van der Waals surface area contributed by atoms with Gasteiger partial charge in [0.15, 0.2) is 16.6 Å². The van der Waals surface area contributed by atoms with Crippen LogP contribution < -0.4 is 14.8 Å². The Bertz CT molecular complexity index is 837. The summed E-state index contributed by atoms with van der Waals surface area (Å²) in [5.41, 5.74) is 3.43. The molecule has 0 spiro atoms. The predicted octanol–water partition coefficient (Wildman–Crippen LogP) is 5.41. The Labute approximate surface area is 160 Å². The Morgan fingerprint density at radius 3 is 2.80 bits per heavy atom. The molecule has 1 heterocycles. The zero-order valence-electron chi connectivity index (χ0n) is 14.1. The van der Waals surface area contributed by atoms with E-state index in [2.05, 4.69) is 51.4 Å². The Hall–Kier alpha value is -2.05. The third-order valence-corrected chi connectivity index (χ3v) is 4.95. The summed E-state index contributed by atoms with van der Waals surface area (Å²) in [6, 6.07) is 12.3.